The average molecular weight is 256 g/mol. The maximum atomic E-state index is 11.8. The first-order valence-electron chi connectivity index (χ1n) is 5.17. The zero-order chi connectivity index (χ0) is 13.2. The molecule has 1 atom stereocenters. The number of carboxylic acids is 1. The molecule has 1 aromatic heterocycles. The summed E-state index contributed by atoms with van der Waals surface area (Å²) >= 11 is 1.36. The van der Waals surface area contributed by atoms with Crippen molar-refractivity contribution < 1.29 is 14.7 Å². The van der Waals surface area contributed by atoms with Gasteiger partial charge in [0.05, 0.1) is 5.01 Å². The van der Waals surface area contributed by atoms with E-state index in [1.165, 1.54) is 11.3 Å². The highest BCUT2D eigenvalue weighted by atomic mass is 32.1. The molecule has 0 aliphatic carbocycles. The lowest BCUT2D eigenvalue weighted by Crippen LogP contribution is -2.49. The highest BCUT2D eigenvalue weighted by Crippen LogP contribution is 2.20. The number of aliphatic carboxylic acids is 1. The molecule has 0 saturated carbocycles. The molecule has 17 heavy (non-hydrogen) atoms. The van der Waals surface area contributed by atoms with Crippen molar-refractivity contribution in [3.63, 3.8) is 0 Å². The van der Waals surface area contributed by atoms with Gasteiger partial charge in [0.1, 0.15) is 11.7 Å². The Hall–Kier alpha value is -1.43. The van der Waals surface area contributed by atoms with Gasteiger partial charge < -0.3 is 10.4 Å². The van der Waals surface area contributed by atoms with Crippen LogP contribution in [0.4, 0.5) is 0 Å². The lowest BCUT2D eigenvalue weighted by molar-refractivity contribution is -0.142. The number of thiazole rings is 1. The van der Waals surface area contributed by atoms with Crippen LogP contribution in [-0.4, -0.2) is 28.0 Å². The fourth-order valence-electron chi connectivity index (χ4n) is 1.32. The smallest absolute Gasteiger partial charge is 0.326 e. The van der Waals surface area contributed by atoms with Crippen LogP contribution in [0.15, 0.2) is 5.38 Å². The lowest BCUT2D eigenvalue weighted by atomic mass is 9.87. The Morgan fingerprint density at radius 2 is 2.06 bits per heavy atom. The lowest BCUT2D eigenvalue weighted by Gasteiger charge is -2.27. The number of nitrogens with zero attached hydrogens (tertiary/aromatic N) is 1. The second-order valence-electron chi connectivity index (χ2n) is 4.86. The van der Waals surface area contributed by atoms with E-state index < -0.39 is 23.3 Å². The molecule has 1 rings (SSSR count). The molecular weight excluding hydrogens is 240 g/mol. The number of aryl methyl sites for hydroxylation is 1. The maximum absolute atomic E-state index is 11.8. The molecule has 0 aliphatic heterocycles. The summed E-state index contributed by atoms with van der Waals surface area (Å²) in [6, 6.07) is -0.933. The van der Waals surface area contributed by atoms with Gasteiger partial charge in [0.15, 0.2) is 0 Å². The summed E-state index contributed by atoms with van der Waals surface area (Å²) in [5.74, 6) is -1.49. The van der Waals surface area contributed by atoms with E-state index in [0.29, 0.717) is 0 Å². The van der Waals surface area contributed by atoms with Crippen molar-refractivity contribution in [3.05, 3.63) is 16.1 Å². The second-order valence-corrected chi connectivity index (χ2v) is 5.92. The van der Waals surface area contributed by atoms with Crippen molar-refractivity contribution in [1.82, 2.24) is 10.3 Å². The number of rotatable bonds is 3. The fraction of sp³-hybridized carbons (Fsp3) is 0.545. The number of carboxylic acid groups (broad SMARTS) is 1. The van der Waals surface area contributed by atoms with E-state index in [-0.39, 0.29) is 5.69 Å². The molecular formula is C11H16N2O3S. The minimum Gasteiger partial charge on any atom is -0.480 e. The van der Waals surface area contributed by atoms with Crippen molar-refractivity contribution in [1.29, 1.82) is 0 Å². The molecule has 0 unspecified atom stereocenters. The van der Waals surface area contributed by atoms with Crippen molar-refractivity contribution >= 4 is 23.2 Å². The predicted octanol–water partition coefficient (Wildman–Crippen LogP) is 1.68. The topological polar surface area (TPSA) is 79.3 Å². The Morgan fingerprint density at radius 3 is 2.41 bits per heavy atom. The quantitative estimate of drug-likeness (QED) is 0.862. The van der Waals surface area contributed by atoms with Gasteiger partial charge in [-0.25, -0.2) is 9.78 Å². The SMILES string of the molecule is Cc1nc(C(=O)N[C@@H](C(=O)O)C(C)(C)C)cs1. The van der Waals surface area contributed by atoms with E-state index in [0.717, 1.165) is 5.01 Å². The number of nitrogens with one attached hydrogen (secondary N) is 1. The molecule has 0 radical (unpaired) electrons. The van der Waals surface area contributed by atoms with Gasteiger partial charge in [-0.15, -0.1) is 11.3 Å². The second kappa shape index (κ2) is 4.83. The van der Waals surface area contributed by atoms with Gasteiger partial charge in [-0.3, -0.25) is 4.79 Å². The van der Waals surface area contributed by atoms with Crippen LogP contribution in [0, 0.1) is 12.3 Å². The van der Waals surface area contributed by atoms with Crippen LogP contribution in [0.3, 0.4) is 0 Å². The number of hydrogen-bond acceptors (Lipinski definition) is 4. The monoisotopic (exact) mass is 256 g/mol. The molecule has 5 nitrogen and oxygen atoms in total. The fourth-order valence-corrected chi connectivity index (χ4v) is 1.91. The summed E-state index contributed by atoms with van der Waals surface area (Å²) < 4.78 is 0. The number of carbonyl (C=O) groups is 2. The predicted molar refractivity (Wildman–Crippen MR) is 65.2 cm³/mol. The molecule has 0 spiro atoms. The molecule has 0 aromatic carbocycles. The molecule has 1 amide bonds. The molecule has 2 N–H and O–H groups in total. The van der Waals surface area contributed by atoms with Crippen LogP contribution in [0.2, 0.25) is 0 Å². The van der Waals surface area contributed by atoms with Crippen LogP contribution in [0.5, 0.6) is 0 Å². The molecule has 0 bridgehead atoms. The highest BCUT2D eigenvalue weighted by molar-refractivity contribution is 7.09. The van der Waals surface area contributed by atoms with Crippen molar-refractivity contribution in [3.8, 4) is 0 Å². The first-order chi connectivity index (χ1) is 7.71. The van der Waals surface area contributed by atoms with Gasteiger partial charge in [0.25, 0.3) is 5.91 Å². The minimum atomic E-state index is -1.04. The number of amides is 1. The largest absolute Gasteiger partial charge is 0.480 e. The molecule has 1 heterocycles. The Balaban J connectivity index is 2.82. The Bertz CT molecular complexity index is 434. The van der Waals surface area contributed by atoms with Gasteiger partial charge in [-0.2, -0.15) is 0 Å². The van der Waals surface area contributed by atoms with Crippen LogP contribution in [0.25, 0.3) is 0 Å². The Labute approximate surface area is 104 Å². The van der Waals surface area contributed by atoms with Crippen molar-refractivity contribution in [2.75, 3.05) is 0 Å². The Kier molecular flexibility index (Phi) is 3.87. The molecule has 1 aromatic rings. The molecule has 0 fully saturated rings. The summed E-state index contributed by atoms with van der Waals surface area (Å²) in [6.45, 7) is 7.08. The highest BCUT2D eigenvalue weighted by Gasteiger charge is 2.33. The van der Waals surface area contributed by atoms with Crippen LogP contribution < -0.4 is 5.32 Å². The van der Waals surface area contributed by atoms with Crippen LogP contribution in [0.1, 0.15) is 36.3 Å². The molecule has 94 valence electrons. The third-order valence-corrected chi connectivity index (χ3v) is 3.01. The summed E-state index contributed by atoms with van der Waals surface area (Å²) in [7, 11) is 0. The summed E-state index contributed by atoms with van der Waals surface area (Å²) in [5.41, 5.74) is -0.282. The third kappa shape index (κ3) is 3.52. The van der Waals surface area contributed by atoms with Gasteiger partial charge in [0.2, 0.25) is 0 Å². The molecule has 6 heteroatoms. The first-order valence-corrected chi connectivity index (χ1v) is 6.05. The van der Waals surface area contributed by atoms with Gasteiger partial charge in [-0.05, 0) is 12.3 Å². The number of hydrogen-bond donors (Lipinski definition) is 2. The standard InChI is InChI=1S/C11H16N2O3S/c1-6-12-7(5-17-6)9(14)13-8(10(15)16)11(2,3)4/h5,8H,1-4H3,(H,13,14)(H,15,16)/t8-/m0/s1. The maximum Gasteiger partial charge on any atom is 0.326 e. The number of aromatic nitrogens is 1. The summed E-state index contributed by atoms with van der Waals surface area (Å²) in [4.78, 5) is 26.9. The van der Waals surface area contributed by atoms with Crippen molar-refractivity contribution in [2.45, 2.75) is 33.7 Å². The zero-order valence-corrected chi connectivity index (χ0v) is 11.1. The van der Waals surface area contributed by atoms with Crippen molar-refractivity contribution in [2.24, 2.45) is 5.41 Å². The Morgan fingerprint density at radius 1 is 1.47 bits per heavy atom. The van der Waals surface area contributed by atoms with E-state index in [9.17, 15) is 9.59 Å². The normalized spacial score (nSPS) is 13.2. The zero-order valence-electron chi connectivity index (χ0n) is 10.3. The third-order valence-electron chi connectivity index (χ3n) is 2.24. The average Bonchev–Trinajstić information content (AvgIpc) is 2.58. The first kappa shape index (κ1) is 13.6. The minimum absolute atomic E-state index is 0.267. The van der Waals surface area contributed by atoms with Gasteiger partial charge in [-0.1, -0.05) is 20.8 Å². The summed E-state index contributed by atoms with van der Waals surface area (Å²) in [6.07, 6.45) is 0. The van der Waals surface area contributed by atoms with E-state index in [1.807, 2.05) is 0 Å². The van der Waals surface area contributed by atoms with Crippen LogP contribution in [-0.2, 0) is 4.79 Å². The van der Waals surface area contributed by atoms with E-state index in [1.54, 1.807) is 33.1 Å². The van der Waals surface area contributed by atoms with Gasteiger partial charge >= 0.3 is 5.97 Å². The summed E-state index contributed by atoms with van der Waals surface area (Å²) in [5, 5.41) is 14.0. The number of carbonyl (C=O) groups excluding carboxylic acids is 1. The van der Waals surface area contributed by atoms with E-state index in [2.05, 4.69) is 10.3 Å². The van der Waals surface area contributed by atoms with Crippen LogP contribution >= 0.6 is 11.3 Å². The molecule has 0 aliphatic rings. The van der Waals surface area contributed by atoms with Gasteiger partial charge in [0, 0.05) is 5.38 Å². The van der Waals surface area contributed by atoms with E-state index >= 15 is 0 Å². The van der Waals surface area contributed by atoms with E-state index in [4.69, 9.17) is 5.11 Å². The molecule has 0 saturated heterocycles.